The first-order valence-corrected chi connectivity index (χ1v) is 10.0. The summed E-state index contributed by atoms with van der Waals surface area (Å²) in [5, 5.41) is 5.81. The number of anilines is 1. The Morgan fingerprint density at radius 1 is 1.08 bits per heavy atom. The molecular weight excluding hydrogens is 342 g/mol. The summed E-state index contributed by atoms with van der Waals surface area (Å²) in [5.41, 5.74) is 1.68. The van der Waals surface area contributed by atoms with Gasteiger partial charge >= 0.3 is 0 Å². The van der Waals surface area contributed by atoms with Crippen molar-refractivity contribution in [2.75, 3.05) is 11.1 Å². The Hall–Kier alpha value is -2.18. The number of thiophene rings is 1. The van der Waals surface area contributed by atoms with E-state index < -0.39 is 9.84 Å². The molecule has 3 aromatic rings. The molecule has 2 aromatic carbocycles. The van der Waals surface area contributed by atoms with E-state index in [0.29, 0.717) is 5.69 Å². The molecular formula is C18H17NO3S2. The number of nitrogens with one attached hydrogen (secondary N) is 1. The Morgan fingerprint density at radius 2 is 1.83 bits per heavy atom. The zero-order valence-corrected chi connectivity index (χ0v) is 14.8. The van der Waals surface area contributed by atoms with Crippen LogP contribution in [0.4, 0.5) is 5.69 Å². The van der Waals surface area contributed by atoms with Crippen molar-refractivity contribution in [1.29, 1.82) is 0 Å². The van der Waals surface area contributed by atoms with Gasteiger partial charge in [-0.1, -0.05) is 17.7 Å². The molecule has 0 fully saturated rings. The highest BCUT2D eigenvalue weighted by Gasteiger charge is 2.16. The van der Waals surface area contributed by atoms with Gasteiger partial charge in [-0.2, -0.15) is 0 Å². The first-order chi connectivity index (χ1) is 11.4. The molecule has 3 rings (SSSR count). The third-order valence-electron chi connectivity index (χ3n) is 3.71. The van der Waals surface area contributed by atoms with Gasteiger partial charge in [0.2, 0.25) is 5.91 Å². The monoisotopic (exact) mass is 359 g/mol. The fraction of sp³-hybridized carbons (Fsp3) is 0.167. The van der Waals surface area contributed by atoms with Crippen LogP contribution in [0.1, 0.15) is 12.0 Å². The zero-order valence-electron chi connectivity index (χ0n) is 13.2. The maximum atomic E-state index is 12.3. The molecule has 0 bridgehead atoms. The molecule has 1 amide bonds. The number of rotatable bonds is 5. The van der Waals surface area contributed by atoms with Crippen molar-refractivity contribution in [2.45, 2.75) is 18.2 Å². The molecule has 24 heavy (non-hydrogen) atoms. The molecule has 0 aliphatic carbocycles. The number of amides is 1. The van der Waals surface area contributed by atoms with Crippen molar-refractivity contribution >= 4 is 42.9 Å². The van der Waals surface area contributed by atoms with E-state index in [1.165, 1.54) is 0 Å². The predicted octanol–water partition coefficient (Wildman–Crippen LogP) is 4.01. The van der Waals surface area contributed by atoms with E-state index in [1.807, 2.05) is 36.6 Å². The lowest BCUT2D eigenvalue weighted by atomic mass is 10.2. The van der Waals surface area contributed by atoms with Gasteiger partial charge in [-0.3, -0.25) is 4.79 Å². The van der Waals surface area contributed by atoms with Crippen LogP contribution in [-0.2, 0) is 14.6 Å². The molecule has 124 valence electrons. The van der Waals surface area contributed by atoms with E-state index in [4.69, 9.17) is 0 Å². The minimum absolute atomic E-state index is 0.0715. The highest BCUT2D eigenvalue weighted by atomic mass is 32.2. The van der Waals surface area contributed by atoms with E-state index in [2.05, 4.69) is 5.32 Å². The maximum absolute atomic E-state index is 12.3. The molecule has 0 atom stereocenters. The molecule has 1 N–H and O–H groups in total. The van der Waals surface area contributed by atoms with Crippen LogP contribution in [0, 0.1) is 6.92 Å². The molecule has 0 unspecified atom stereocenters. The molecule has 1 aromatic heterocycles. The van der Waals surface area contributed by atoms with Gasteiger partial charge < -0.3 is 5.32 Å². The van der Waals surface area contributed by atoms with Crippen molar-refractivity contribution in [1.82, 2.24) is 0 Å². The highest BCUT2D eigenvalue weighted by molar-refractivity contribution is 7.91. The molecule has 0 radical (unpaired) electrons. The number of carbonyl (C=O) groups excluding carboxylic acids is 1. The summed E-state index contributed by atoms with van der Waals surface area (Å²) >= 11 is 1.64. The summed E-state index contributed by atoms with van der Waals surface area (Å²) in [6, 6.07) is 14.3. The predicted molar refractivity (Wildman–Crippen MR) is 98.3 cm³/mol. The van der Waals surface area contributed by atoms with Gasteiger partial charge in [-0.15, -0.1) is 11.3 Å². The Balaban J connectivity index is 1.63. The van der Waals surface area contributed by atoms with Gasteiger partial charge in [0.25, 0.3) is 0 Å². The van der Waals surface area contributed by atoms with Gasteiger partial charge in [0.1, 0.15) is 0 Å². The van der Waals surface area contributed by atoms with Crippen molar-refractivity contribution < 1.29 is 13.2 Å². The molecule has 0 aliphatic heterocycles. The van der Waals surface area contributed by atoms with Crippen LogP contribution < -0.4 is 5.32 Å². The largest absolute Gasteiger partial charge is 0.326 e. The van der Waals surface area contributed by atoms with Gasteiger partial charge in [-0.25, -0.2) is 8.42 Å². The molecule has 6 heteroatoms. The normalized spacial score (nSPS) is 11.5. The topological polar surface area (TPSA) is 63.2 Å². The number of sulfone groups is 1. The summed E-state index contributed by atoms with van der Waals surface area (Å²) in [7, 11) is -3.45. The van der Waals surface area contributed by atoms with E-state index in [9.17, 15) is 13.2 Å². The van der Waals surface area contributed by atoms with Crippen molar-refractivity contribution in [3.8, 4) is 0 Å². The second-order valence-corrected chi connectivity index (χ2v) is 8.66. The first-order valence-electron chi connectivity index (χ1n) is 7.51. The number of hydrogen-bond donors (Lipinski definition) is 1. The number of carbonyl (C=O) groups is 1. The second kappa shape index (κ2) is 6.75. The molecule has 0 spiro atoms. The fourth-order valence-electron chi connectivity index (χ4n) is 2.36. The van der Waals surface area contributed by atoms with E-state index in [1.54, 1.807) is 35.6 Å². The van der Waals surface area contributed by atoms with Crippen LogP contribution >= 0.6 is 11.3 Å². The Morgan fingerprint density at radius 3 is 2.58 bits per heavy atom. The smallest absolute Gasteiger partial charge is 0.225 e. The van der Waals surface area contributed by atoms with Crippen molar-refractivity contribution in [2.24, 2.45) is 0 Å². The number of aryl methyl sites for hydroxylation is 1. The molecule has 1 heterocycles. The van der Waals surface area contributed by atoms with Gasteiger partial charge in [0.15, 0.2) is 9.84 Å². The van der Waals surface area contributed by atoms with Crippen molar-refractivity contribution in [3.63, 3.8) is 0 Å². The summed E-state index contributed by atoms with van der Waals surface area (Å²) in [4.78, 5) is 12.3. The van der Waals surface area contributed by atoms with E-state index >= 15 is 0 Å². The lowest BCUT2D eigenvalue weighted by molar-refractivity contribution is -0.115. The van der Waals surface area contributed by atoms with Gasteiger partial charge in [0, 0.05) is 16.8 Å². The second-order valence-electron chi connectivity index (χ2n) is 5.60. The third-order valence-corrected chi connectivity index (χ3v) is 6.34. The Labute approximate surface area is 145 Å². The van der Waals surface area contributed by atoms with Crippen LogP contribution in [-0.4, -0.2) is 20.1 Å². The Bertz CT molecular complexity index is 973. The fourth-order valence-corrected chi connectivity index (χ4v) is 4.37. The number of hydrogen-bond acceptors (Lipinski definition) is 4. The summed E-state index contributed by atoms with van der Waals surface area (Å²) in [5.74, 6) is -0.511. The minimum atomic E-state index is -3.45. The van der Waals surface area contributed by atoms with Crippen LogP contribution in [0.15, 0.2) is 58.8 Å². The maximum Gasteiger partial charge on any atom is 0.225 e. The average Bonchev–Trinajstić information content (AvgIpc) is 3.01. The first kappa shape index (κ1) is 16.7. The molecule has 0 saturated carbocycles. The van der Waals surface area contributed by atoms with Crippen LogP contribution in [0.25, 0.3) is 10.1 Å². The summed E-state index contributed by atoms with van der Waals surface area (Å²) in [6.45, 7) is 1.90. The van der Waals surface area contributed by atoms with Gasteiger partial charge in [-0.05, 0) is 54.1 Å². The number of fused-ring (bicyclic) bond motifs is 1. The SMILES string of the molecule is Cc1ccc(S(=O)(=O)CCC(=O)Nc2ccc3sccc3c2)cc1. The standard InChI is InChI=1S/C18H17NO3S2/c1-13-2-5-16(6-3-13)24(21,22)11-9-18(20)19-15-4-7-17-14(12-15)8-10-23-17/h2-8,10,12H,9,11H2,1H3,(H,19,20). The molecule has 0 saturated heterocycles. The average molecular weight is 359 g/mol. The Kier molecular flexibility index (Phi) is 4.69. The lowest BCUT2D eigenvalue weighted by Crippen LogP contribution is -2.17. The zero-order chi connectivity index (χ0) is 17.2. The number of benzene rings is 2. The van der Waals surface area contributed by atoms with Gasteiger partial charge in [0.05, 0.1) is 10.6 Å². The van der Waals surface area contributed by atoms with Crippen molar-refractivity contribution in [3.05, 3.63) is 59.5 Å². The third kappa shape index (κ3) is 3.83. The molecule has 0 aliphatic rings. The van der Waals surface area contributed by atoms with Crippen LogP contribution in [0.5, 0.6) is 0 Å². The minimum Gasteiger partial charge on any atom is -0.326 e. The van der Waals surface area contributed by atoms with Crippen LogP contribution in [0.3, 0.4) is 0 Å². The van der Waals surface area contributed by atoms with E-state index in [0.717, 1.165) is 15.6 Å². The lowest BCUT2D eigenvalue weighted by Gasteiger charge is -2.07. The van der Waals surface area contributed by atoms with E-state index in [-0.39, 0.29) is 23.0 Å². The highest BCUT2D eigenvalue weighted by Crippen LogP contribution is 2.24. The summed E-state index contributed by atoms with van der Waals surface area (Å²) < 4.78 is 25.7. The van der Waals surface area contributed by atoms with Crippen LogP contribution in [0.2, 0.25) is 0 Å². The summed E-state index contributed by atoms with van der Waals surface area (Å²) in [6.07, 6.45) is -0.0715. The molecule has 4 nitrogen and oxygen atoms in total. The quantitative estimate of drug-likeness (QED) is 0.748.